The highest BCUT2D eigenvalue weighted by Gasteiger charge is 2.41. The van der Waals surface area contributed by atoms with Gasteiger partial charge in [-0.1, -0.05) is 0 Å². The Kier molecular flexibility index (Phi) is 1.20. The summed E-state index contributed by atoms with van der Waals surface area (Å²) < 4.78 is 0. The van der Waals surface area contributed by atoms with E-state index in [-0.39, 0.29) is 18.1 Å². The van der Waals surface area contributed by atoms with Crippen LogP contribution in [0.2, 0.25) is 0 Å². The van der Waals surface area contributed by atoms with E-state index in [0.29, 0.717) is 6.42 Å². The van der Waals surface area contributed by atoms with E-state index in [1.165, 1.54) is 0 Å². The van der Waals surface area contributed by atoms with Gasteiger partial charge in [0.2, 0.25) is 5.91 Å². The fraction of sp³-hybridized carbons (Fsp3) is 0.857. The number of hydrogen-bond acceptors (Lipinski definition) is 2. The maximum Gasteiger partial charge on any atom is 0.225 e. The van der Waals surface area contributed by atoms with E-state index >= 15 is 0 Å². The number of hydrogen-bond donors (Lipinski definition) is 1. The Labute approximate surface area is 59.6 Å². The van der Waals surface area contributed by atoms with Crippen molar-refractivity contribution in [3.05, 3.63) is 0 Å². The summed E-state index contributed by atoms with van der Waals surface area (Å²) in [6.07, 6.45) is 2.03. The Morgan fingerprint density at radius 2 is 2.40 bits per heavy atom. The van der Waals surface area contributed by atoms with Crippen LogP contribution < -0.4 is 0 Å². The Morgan fingerprint density at radius 1 is 1.60 bits per heavy atom. The van der Waals surface area contributed by atoms with Gasteiger partial charge in [-0.25, -0.2) is 0 Å². The molecule has 56 valence electrons. The molecule has 0 saturated carbocycles. The fourth-order valence-corrected chi connectivity index (χ4v) is 1.93. The maximum absolute atomic E-state index is 11.0. The van der Waals surface area contributed by atoms with Gasteiger partial charge < -0.3 is 10.0 Å². The van der Waals surface area contributed by atoms with Gasteiger partial charge in [0, 0.05) is 6.54 Å². The molecule has 0 spiro atoms. The normalized spacial score (nSPS) is 38.9. The summed E-state index contributed by atoms with van der Waals surface area (Å²) in [5.74, 6) is 0.134. The van der Waals surface area contributed by atoms with E-state index in [4.69, 9.17) is 0 Å². The minimum Gasteiger partial charge on any atom is -0.390 e. The van der Waals surface area contributed by atoms with Crippen LogP contribution in [-0.2, 0) is 4.79 Å². The van der Waals surface area contributed by atoms with Gasteiger partial charge in [-0.05, 0) is 12.8 Å². The van der Waals surface area contributed by atoms with Crippen LogP contribution in [-0.4, -0.2) is 34.6 Å². The first kappa shape index (κ1) is 6.16. The first-order valence-corrected chi connectivity index (χ1v) is 3.76. The van der Waals surface area contributed by atoms with E-state index in [2.05, 4.69) is 0 Å². The summed E-state index contributed by atoms with van der Waals surface area (Å²) in [6, 6.07) is 0.160. The van der Waals surface area contributed by atoms with Crippen LogP contribution in [0.25, 0.3) is 0 Å². The minimum atomic E-state index is -0.380. The summed E-state index contributed by atoms with van der Waals surface area (Å²) in [5, 5.41) is 9.31. The SMILES string of the molecule is O=C1C[C@H](O)[C@H]2CCCN12. The third-order valence-corrected chi connectivity index (χ3v) is 2.45. The number of aliphatic hydroxyl groups is 1. The standard InChI is InChI=1S/C7H11NO2/c9-6-4-7(10)8-3-1-2-5(6)8/h5-6,9H,1-4H2/t5-,6+/m1/s1. The second kappa shape index (κ2) is 1.95. The van der Waals surface area contributed by atoms with Crippen LogP contribution in [0.1, 0.15) is 19.3 Å². The molecule has 0 radical (unpaired) electrons. The molecule has 2 aliphatic rings. The molecule has 0 aliphatic carbocycles. The van der Waals surface area contributed by atoms with Crippen molar-refractivity contribution in [3.8, 4) is 0 Å². The molecule has 1 N–H and O–H groups in total. The van der Waals surface area contributed by atoms with Gasteiger partial charge in [-0.15, -0.1) is 0 Å². The molecule has 2 rings (SSSR count). The molecule has 0 aromatic carbocycles. The van der Waals surface area contributed by atoms with E-state index in [0.717, 1.165) is 19.4 Å². The van der Waals surface area contributed by atoms with Crippen molar-refractivity contribution >= 4 is 5.91 Å². The molecule has 2 fully saturated rings. The van der Waals surface area contributed by atoms with E-state index in [1.54, 1.807) is 0 Å². The number of amides is 1. The van der Waals surface area contributed by atoms with Crippen LogP contribution in [0, 0.1) is 0 Å². The topological polar surface area (TPSA) is 40.5 Å². The molecule has 0 aromatic rings. The Morgan fingerprint density at radius 3 is 3.10 bits per heavy atom. The zero-order valence-corrected chi connectivity index (χ0v) is 5.79. The van der Waals surface area contributed by atoms with Crippen molar-refractivity contribution in [1.82, 2.24) is 4.90 Å². The largest absolute Gasteiger partial charge is 0.390 e. The van der Waals surface area contributed by atoms with Gasteiger partial charge >= 0.3 is 0 Å². The molecule has 0 bridgehead atoms. The highest BCUT2D eigenvalue weighted by molar-refractivity contribution is 5.80. The lowest BCUT2D eigenvalue weighted by molar-refractivity contribution is -0.127. The van der Waals surface area contributed by atoms with Gasteiger partial charge in [0.05, 0.1) is 18.6 Å². The Balaban J connectivity index is 2.19. The van der Waals surface area contributed by atoms with Gasteiger partial charge in [0.15, 0.2) is 0 Å². The Bertz CT molecular complexity index is 169. The first-order valence-electron chi connectivity index (χ1n) is 3.76. The molecule has 3 heteroatoms. The number of carbonyl (C=O) groups is 1. The zero-order valence-electron chi connectivity index (χ0n) is 5.79. The third-order valence-electron chi connectivity index (χ3n) is 2.45. The molecule has 2 atom stereocenters. The lowest BCUT2D eigenvalue weighted by atomic mass is 10.1. The number of carbonyl (C=O) groups excluding carboxylic acids is 1. The summed E-state index contributed by atoms with van der Waals surface area (Å²) in [7, 11) is 0. The van der Waals surface area contributed by atoms with E-state index in [9.17, 15) is 9.90 Å². The Hall–Kier alpha value is -0.570. The molecule has 10 heavy (non-hydrogen) atoms. The molecular formula is C7H11NO2. The van der Waals surface area contributed by atoms with Crippen molar-refractivity contribution < 1.29 is 9.90 Å². The smallest absolute Gasteiger partial charge is 0.225 e. The van der Waals surface area contributed by atoms with E-state index in [1.807, 2.05) is 4.90 Å². The highest BCUT2D eigenvalue weighted by atomic mass is 16.3. The number of rotatable bonds is 0. The predicted octanol–water partition coefficient (Wildman–Crippen LogP) is -0.258. The molecule has 2 aliphatic heterocycles. The molecule has 2 saturated heterocycles. The zero-order chi connectivity index (χ0) is 7.14. The molecule has 3 nitrogen and oxygen atoms in total. The maximum atomic E-state index is 11.0. The average Bonchev–Trinajstić information content (AvgIpc) is 2.39. The van der Waals surface area contributed by atoms with Crippen LogP contribution >= 0.6 is 0 Å². The summed E-state index contributed by atoms with van der Waals surface area (Å²) in [6.45, 7) is 0.862. The van der Waals surface area contributed by atoms with Crippen LogP contribution in [0.4, 0.5) is 0 Å². The summed E-state index contributed by atoms with van der Waals surface area (Å²) in [4.78, 5) is 12.8. The average molecular weight is 141 g/mol. The van der Waals surface area contributed by atoms with Crippen molar-refractivity contribution in [2.75, 3.05) is 6.54 Å². The van der Waals surface area contributed by atoms with Crippen molar-refractivity contribution in [2.24, 2.45) is 0 Å². The highest BCUT2D eigenvalue weighted by Crippen LogP contribution is 2.28. The monoisotopic (exact) mass is 141 g/mol. The third kappa shape index (κ3) is 0.669. The van der Waals surface area contributed by atoms with Crippen molar-refractivity contribution in [1.29, 1.82) is 0 Å². The van der Waals surface area contributed by atoms with Crippen molar-refractivity contribution in [3.63, 3.8) is 0 Å². The van der Waals surface area contributed by atoms with Gasteiger partial charge in [-0.2, -0.15) is 0 Å². The molecular weight excluding hydrogens is 130 g/mol. The van der Waals surface area contributed by atoms with Crippen LogP contribution in [0.15, 0.2) is 0 Å². The van der Waals surface area contributed by atoms with Gasteiger partial charge in [0.25, 0.3) is 0 Å². The molecule has 0 unspecified atom stereocenters. The van der Waals surface area contributed by atoms with E-state index < -0.39 is 0 Å². The second-order valence-corrected chi connectivity index (χ2v) is 3.07. The fourth-order valence-electron chi connectivity index (χ4n) is 1.93. The number of aliphatic hydroxyl groups excluding tert-OH is 1. The van der Waals surface area contributed by atoms with Crippen LogP contribution in [0.3, 0.4) is 0 Å². The predicted molar refractivity (Wildman–Crippen MR) is 35.4 cm³/mol. The lowest BCUT2D eigenvalue weighted by Crippen LogP contribution is -2.30. The second-order valence-electron chi connectivity index (χ2n) is 3.07. The molecule has 2 heterocycles. The molecule has 1 amide bonds. The number of nitrogens with zero attached hydrogens (tertiary/aromatic N) is 1. The number of fused-ring (bicyclic) bond motifs is 1. The van der Waals surface area contributed by atoms with Gasteiger partial charge in [0.1, 0.15) is 0 Å². The van der Waals surface area contributed by atoms with Gasteiger partial charge in [-0.3, -0.25) is 4.79 Å². The first-order chi connectivity index (χ1) is 4.79. The summed E-state index contributed by atoms with van der Waals surface area (Å²) >= 11 is 0. The van der Waals surface area contributed by atoms with Crippen LogP contribution in [0.5, 0.6) is 0 Å². The molecule has 0 aromatic heterocycles. The minimum absolute atomic E-state index is 0.134. The summed E-state index contributed by atoms with van der Waals surface area (Å²) in [5.41, 5.74) is 0. The lowest BCUT2D eigenvalue weighted by Gasteiger charge is -2.15. The quantitative estimate of drug-likeness (QED) is 0.505. The van der Waals surface area contributed by atoms with Crippen molar-refractivity contribution in [2.45, 2.75) is 31.4 Å².